The molecule has 0 saturated carbocycles. The molecule has 0 aliphatic carbocycles. The predicted octanol–water partition coefficient (Wildman–Crippen LogP) is 4.69. The molecule has 0 atom stereocenters. The maximum absolute atomic E-state index is 8.77. The highest BCUT2D eigenvalue weighted by molar-refractivity contribution is 5.79. The average molecular weight is 342 g/mol. The maximum Gasteiger partial charge on any atom is 0.142 e. The van der Waals surface area contributed by atoms with Gasteiger partial charge in [-0.05, 0) is 53.1 Å². The average Bonchev–Trinajstić information content (AvgIpc) is 2.72. The van der Waals surface area contributed by atoms with Crippen LogP contribution < -0.4 is 4.74 Å². The van der Waals surface area contributed by atoms with Gasteiger partial charge in [-0.3, -0.25) is 0 Å². The van der Waals surface area contributed by atoms with Gasteiger partial charge in [-0.15, -0.1) is 0 Å². The van der Waals surface area contributed by atoms with Crippen LogP contribution in [0.25, 0.3) is 0 Å². The van der Waals surface area contributed by atoms with Gasteiger partial charge in [0.15, 0.2) is 0 Å². The van der Waals surface area contributed by atoms with E-state index in [1.165, 1.54) is 0 Å². The molecule has 0 fully saturated rings. The summed E-state index contributed by atoms with van der Waals surface area (Å²) < 4.78 is 5.75. The summed E-state index contributed by atoms with van der Waals surface area (Å²) in [5.74, 6) is 0.810. The molecule has 0 aliphatic heterocycles. The quantitative estimate of drug-likeness (QED) is 0.462. The second-order valence-corrected chi connectivity index (χ2v) is 5.66. The van der Waals surface area contributed by atoms with Crippen LogP contribution in [-0.2, 0) is 18.1 Å². The molecule has 128 valence electrons. The molecule has 3 aromatic rings. The number of nitriles is 1. The summed E-state index contributed by atoms with van der Waals surface area (Å²) in [4.78, 5) is 5.29. The van der Waals surface area contributed by atoms with Crippen LogP contribution in [0, 0.1) is 11.3 Å². The Morgan fingerprint density at radius 3 is 2.19 bits per heavy atom. The van der Waals surface area contributed by atoms with Crippen molar-refractivity contribution in [3.8, 4) is 11.8 Å². The van der Waals surface area contributed by atoms with Crippen molar-refractivity contribution < 1.29 is 9.57 Å². The van der Waals surface area contributed by atoms with E-state index >= 15 is 0 Å². The largest absolute Gasteiger partial charge is 0.489 e. The van der Waals surface area contributed by atoms with E-state index in [9.17, 15) is 0 Å². The number of benzene rings is 3. The zero-order chi connectivity index (χ0) is 18.0. The Morgan fingerprint density at radius 2 is 1.50 bits per heavy atom. The van der Waals surface area contributed by atoms with E-state index in [4.69, 9.17) is 14.8 Å². The fraction of sp³-hybridized carbons (Fsp3) is 0.0909. The Balaban J connectivity index is 1.46. The van der Waals surface area contributed by atoms with Gasteiger partial charge in [0.1, 0.15) is 19.0 Å². The van der Waals surface area contributed by atoms with Gasteiger partial charge in [-0.1, -0.05) is 47.6 Å². The van der Waals surface area contributed by atoms with Crippen LogP contribution in [0.3, 0.4) is 0 Å². The van der Waals surface area contributed by atoms with Crippen molar-refractivity contribution in [2.45, 2.75) is 13.2 Å². The second kappa shape index (κ2) is 9.05. The van der Waals surface area contributed by atoms with Gasteiger partial charge in [0.25, 0.3) is 0 Å². The highest BCUT2D eigenvalue weighted by Crippen LogP contribution is 2.13. The van der Waals surface area contributed by atoms with Crippen LogP contribution in [0.4, 0.5) is 0 Å². The Kier molecular flexibility index (Phi) is 6.00. The normalized spacial score (nSPS) is 10.4. The van der Waals surface area contributed by atoms with Gasteiger partial charge < -0.3 is 9.57 Å². The number of nitrogens with zero attached hydrogens (tertiary/aromatic N) is 2. The summed E-state index contributed by atoms with van der Waals surface area (Å²) in [6.07, 6.45) is 1.66. The molecule has 3 rings (SSSR count). The fourth-order valence-electron chi connectivity index (χ4n) is 2.28. The van der Waals surface area contributed by atoms with Crippen molar-refractivity contribution in [2.75, 3.05) is 0 Å². The number of ether oxygens (including phenoxy) is 1. The smallest absolute Gasteiger partial charge is 0.142 e. The third-order valence-electron chi connectivity index (χ3n) is 3.72. The van der Waals surface area contributed by atoms with Crippen LogP contribution in [0.1, 0.15) is 22.3 Å². The zero-order valence-corrected chi connectivity index (χ0v) is 14.2. The Morgan fingerprint density at radius 1 is 0.808 bits per heavy atom. The van der Waals surface area contributed by atoms with Gasteiger partial charge in [0.2, 0.25) is 0 Å². The lowest BCUT2D eigenvalue weighted by atomic mass is 10.2. The molecule has 4 nitrogen and oxygen atoms in total. The number of rotatable bonds is 7. The zero-order valence-electron chi connectivity index (χ0n) is 14.2. The second-order valence-electron chi connectivity index (χ2n) is 5.66. The van der Waals surface area contributed by atoms with Gasteiger partial charge in [0, 0.05) is 0 Å². The number of hydrogen-bond acceptors (Lipinski definition) is 4. The lowest BCUT2D eigenvalue weighted by Crippen LogP contribution is -1.95. The molecule has 0 saturated heterocycles. The van der Waals surface area contributed by atoms with E-state index in [1.54, 1.807) is 18.3 Å². The van der Waals surface area contributed by atoms with Crippen LogP contribution in [0.5, 0.6) is 5.75 Å². The predicted molar refractivity (Wildman–Crippen MR) is 101 cm³/mol. The molecule has 0 N–H and O–H groups in total. The first-order valence-corrected chi connectivity index (χ1v) is 8.25. The van der Waals surface area contributed by atoms with E-state index in [1.807, 2.05) is 66.7 Å². The minimum absolute atomic E-state index is 0.362. The molecular weight excluding hydrogens is 324 g/mol. The fourth-order valence-corrected chi connectivity index (χ4v) is 2.28. The van der Waals surface area contributed by atoms with Crippen LogP contribution >= 0.6 is 0 Å². The molecule has 0 spiro atoms. The van der Waals surface area contributed by atoms with Gasteiger partial charge in [-0.2, -0.15) is 5.26 Å². The molecule has 0 radical (unpaired) electrons. The Hall–Kier alpha value is -3.58. The lowest BCUT2D eigenvalue weighted by Gasteiger charge is -2.06. The molecule has 4 heteroatoms. The van der Waals surface area contributed by atoms with Crippen molar-refractivity contribution in [1.29, 1.82) is 5.26 Å². The highest BCUT2D eigenvalue weighted by atomic mass is 16.6. The van der Waals surface area contributed by atoms with Crippen molar-refractivity contribution in [3.05, 3.63) is 101 Å². The van der Waals surface area contributed by atoms with Crippen molar-refractivity contribution in [2.24, 2.45) is 5.16 Å². The first-order chi connectivity index (χ1) is 12.8. The third kappa shape index (κ3) is 5.22. The van der Waals surface area contributed by atoms with Gasteiger partial charge in [-0.25, -0.2) is 0 Å². The summed E-state index contributed by atoms with van der Waals surface area (Å²) in [6, 6.07) is 27.0. The first kappa shape index (κ1) is 17.2. The Labute approximate surface area is 152 Å². The van der Waals surface area contributed by atoms with E-state index in [-0.39, 0.29) is 0 Å². The summed E-state index contributed by atoms with van der Waals surface area (Å²) >= 11 is 0. The summed E-state index contributed by atoms with van der Waals surface area (Å²) in [7, 11) is 0. The van der Waals surface area contributed by atoms with Crippen molar-refractivity contribution in [1.82, 2.24) is 0 Å². The molecule has 0 bridgehead atoms. The summed E-state index contributed by atoms with van der Waals surface area (Å²) in [5.41, 5.74) is 3.66. The van der Waals surface area contributed by atoms with E-state index in [0.717, 1.165) is 22.4 Å². The van der Waals surface area contributed by atoms with E-state index in [2.05, 4.69) is 11.2 Å². The molecule has 26 heavy (non-hydrogen) atoms. The standard InChI is InChI=1S/C22H18N2O2/c23-14-18-6-8-21(9-7-18)17-26-24-15-19-10-12-22(13-11-19)25-16-20-4-2-1-3-5-20/h1-13,15H,16-17H2/b24-15+. The molecule has 3 aromatic carbocycles. The summed E-state index contributed by atoms with van der Waals surface area (Å²) in [6.45, 7) is 0.905. The molecule has 0 amide bonds. The SMILES string of the molecule is N#Cc1ccc(CO/N=C/c2ccc(OCc3ccccc3)cc2)cc1. The molecule has 0 aromatic heterocycles. The minimum Gasteiger partial charge on any atom is -0.489 e. The van der Waals surface area contributed by atoms with E-state index in [0.29, 0.717) is 18.8 Å². The Bertz CT molecular complexity index is 880. The van der Waals surface area contributed by atoms with Gasteiger partial charge in [0.05, 0.1) is 17.8 Å². The van der Waals surface area contributed by atoms with Crippen LogP contribution in [0.15, 0.2) is 84.0 Å². The summed E-state index contributed by atoms with van der Waals surface area (Å²) in [5, 5.41) is 12.7. The van der Waals surface area contributed by atoms with E-state index < -0.39 is 0 Å². The molecular formula is C22H18N2O2. The maximum atomic E-state index is 8.77. The number of hydrogen-bond donors (Lipinski definition) is 0. The highest BCUT2D eigenvalue weighted by Gasteiger charge is 1.97. The molecule has 0 unspecified atom stereocenters. The lowest BCUT2D eigenvalue weighted by molar-refractivity contribution is 0.132. The minimum atomic E-state index is 0.362. The van der Waals surface area contributed by atoms with Crippen LogP contribution in [-0.4, -0.2) is 6.21 Å². The third-order valence-corrected chi connectivity index (χ3v) is 3.72. The van der Waals surface area contributed by atoms with Gasteiger partial charge >= 0.3 is 0 Å². The molecule has 0 aliphatic rings. The van der Waals surface area contributed by atoms with Crippen molar-refractivity contribution in [3.63, 3.8) is 0 Å². The van der Waals surface area contributed by atoms with Crippen molar-refractivity contribution >= 4 is 6.21 Å². The van der Waals surface area contributed by atoms with Crippen LogP contribution in [0.2, 0.25) is 0 Å². The molecule has 0 heterocycles. The monoisotopic (exact) mass is 342 g/mol. The topological polar surface area (TPSA) is 54.6 Å². The first-order valence-electron chi connectivity index (χ1n) is 8.25. The number of oxime groups is 1.